The first kappa shape index (κ1) is 15.8. The van der Waals surface area contributed by atoms with Gasteiger partial charge >= 0.3 is 0 Å². The molecular formula is C18H27N5O. The van der Waals surface area contributed by atoms with Crippen LogP contribution in [0.4, 0.5) is 5.82 Å². The molecule has 0 unspecified atom stereocenters. The van der Waals surface area contributed by atoms with Crippen LogP contribution in [-0.2, 0) is 17.8 Å². The van der Waals surface area contributed by atoms with Crippen LogP contribution in [0.1, 0.15) is 48.7 Å². The number of aromatic nitrogens is 2. The summed E-state index contributed by atoms with van der Waals surface area (Å²) in [5, 5.41) is 3.25. The number of amides is 1. The summed E-state index contributed by atoms with van der Waals surface area (Å²) < 4.78 is 0. The molecule has 1 atom stereocenters. The topological polar surface area (TPSA) is 61.4 Å². The van der Waals surface area contributed by atoms with Crippen LogP contribution in [0.15, 0.2) is 0 Å². The molecule has 4 rings (SSSR count). The number of nitrogens with one attached hydrogen (secondary N) is 1. The van der Waals surface area contributed by atoms with E-state index in [2.05, 4.69) is 17.3 Å². The van der Waals surface area contributed by atoms with Crippen molar-refractivity contribution in [2.75, 3.05) is 39.0 Å². The van der Waals surface area contributed by atoms with E-state index in [4.69, 9.17) is 9.97 Å². The molecule has 0 radical (unpaired) electrons. The number of fused-ring (bicyclic) bond motifs is 1. The first-order valence-electron chi connectivity index (χ1n) is 9.20. The third-order valence-electron chi connectivity index (χ3n) is 5.83. The number of likely N-dealkylation sites (tertiary alicyclic amines) is 1. The van der Waals surface area contributed by atoms with Gasteiger partial charge in [-0.15, -0.1) is 0 Å². The average molecular weight is 329 g/mol. The minimum atomic E-state index is 0.277. The molecule has 6 nitrogen and oxygen atoms in total. The zero-order valence-corrected chi connectivity index (χ0v) is 14.7. The third-order valence-corrected chi connectivity index (χ3v) is 5.83. The maximum atomic E-state index is 12.5. The van der Waals surface area contributed by atoms with Gasteiger partial charge in [0.25, 0.3) is 0 Å². The monoisotopic (exact) mass is 329 g/mol. The zero-order chi connectivity index (χ0) is 16.7. The Kier molecular flexibility index (Phi) is 4.16. The molecule has 130 valence electrons. The molecule has 1 N–H and O–H groups in total. The van der Waals surface area contributed by atoms with Crippen molar-refractivity contribution in [3.8, 4) is 0 Å². The molecule has 1 aromatic heterocycles. The predicted molar refractivity (Wildman–Crippen MR) is 92.9 cm³/mol. The van der Waals surface area contributed by atoms with Crippen molar-refractivity contribution < 1.29 is 4.79 Å². The highest BCUT2D eigenvalue weighted by molar-refractivity contribution is 5.80. The molecule has 1 aliphatic carbocycles. The smallest absolute Gasteiger partial charge is 0.225 e. The minimum absolute atomic E-state index is 0.277. The van der Waals surface area contributed by atoms with Crippen molar-refractivity contribution in [2.24, 2.45) is 5.92 Å². The molecule has 2 aliphatic heterocycles. The summed E-state index contributed by atoms with van der Waals surface area (Å²) in [6, 6.07) is 0. The summed E-state index contributed by atoms with van der Waals surface area (Å²) in [6.07, 6.45) is 5.34. The van der Waals surface area contributed by atoms with Crippen molar-refractivity contribution in [2.45, 2.75) is 44.6 Å². The van der Waals surface area contributed by atoms with Crippen molar-refractivity contribution >= 4 is 11.7 Å². The number of likely N-dealkylation sites (N-methyl/N-ethyl adjacent to an activating group) is 1. The number of anilines is 1. The molecule has 1 aromatic rings. The highest BCUT2D eigenvalue weighted by Gasteiger charge is 2.35. The Balaban J connectivity index is 1.54. The normalized spacial score (nSPS) is 24.6. The van der Waals surface area contributed by atoms with Gasteiger partial charge in [0.15, 0.2) is 0 Å². The van der Waals surface area contributed by atoms with Crippen LogP contribution >= 0.6 is 0 Å². The standard InChI is InChI=1S/C18H27N5O/c1-19-17-14-7-8-22(2)11-15(14)20-16(21-17)13-6-9-23(10-13)18(24)12-4-3-5-12/h12-13H,3-11H2,1-2H3,(H,19,20,21)/t13-/m0/s1. The van der Waals surface area contributed by atoms with Crippen molar-refractivity contribution in [3.63, 3.8) is 0 Å². The van der Waals surface area contributed by atoms with Crippen LogP contribution in [0.25, 0.3) is 0 Å². The molecule has 3 heterocycles. The largest absolute Gasteiger partial charge is 0.373 e. The Labute approximate surface area is 143 Å². The van der Waals surface area contributed by atoms with Gasteiger partial charge in [-0.2, -0.15) is 0 Å². The first-order chi connectivity index (χ1) is 11.7. The Morgan fingerprint density at radius 3 is 2.75 bits per heavy atom. The van der Waals surface area contributed by atoms with Crippen LogP contribution in [0.3, 0.4) is 0 Å². The van der Waals surface area contributed by atoms with Crippen LogP contribution in [-0.4, -0.2) is 59.4 Å². The molecule has 0 spiro atoms. The second-order valence-electron chi connectivity index (χ2n) is 7.49. The second-order valence-corrected chi connectivity index (χ2v) is 7.49. The van der Waals surface area contributed by atoms with Gasteiger partial charge in [-0.05, 0) is 32.7 Å². The molecule has 0 aromatic carbocycles. The molecule has 24 heavy (non-hydrogen) atoms. The molecule has 2 fully saturated rings. The maximum Gasteiger partial charge on any atom is 0.225 e. The molecule has 3 aliphatic rings. The number of rotatable bonds is 3. The van der Waals surface area contributed by atoms with E-state index in [1.54, 1.807) is 0 Å². The van der Waals surface area contributed by atoms with Crippen LogP contribution in [0, 0.1) is 5.92 Å². The minimum Gasteiger partial charge on any atom is -0.373 e. The Bertz CT molecular complexity index is 643. The van der Waals surface area contributed by atoms with E-state index in [9.17, 15) is 4.79 Å². The predicted octanol–water partition coefficient (Wildman–Crippen LogP) is 1.62. The Morgan fingerprint density at radius 1 is 1.21 bits per heavy atom. The SMILES string of the molecule is CNc1nc([C@H]2CCN(C(=O)C3CCC3)C2)nc2c1CCN(C)C2. The van der Waals surface area contributed by atoms with Gasteiger partial charge in [-0.3, -0.25) is 4.79 Å². The molecular weight excluding hydrogens is 302 g/mol. The molecule has 1 amide bonds. The maximum absolute atomic E-state index is 12.5. The number of hydrogen-bond acceptors (Lipinski definition) is 5. The van der Waals surface area contributed by atoms with E-state index in [1.165, 1.54) is 12.0 Å². The van der Waals surface area contributed by atoms with Gasteiger partial charge in [-0.25, -0.2) is 9.97 Å². The Hall–Kier alpha value is -1.69. The second kappa shape index (κ2) is 6.31. The van der Waals surface area contributed by atoms with E-state index >= 15 is 0 Å². The summed E-state index contributed by atoms with van der Waals surface area (Å²) in [6.45, 7) is 3.58. The number of hydrogen-bond donors (Lipinski definition) is 1. The van der Waals surface area contributed by atoms with Gasteiger partial charge in [-0.1, -0.05) is 6.42 Å². The lowest BCUT2D eigenvalue weighted by molar-refractivity contribution is -0.137. The van der Waals surface area contributed by atoms with E-state index in [1.807, 2.05) is 11.9 Å². The van der Waals surface area contributed by atoms with Gasteiger partial charge in [0.1, 0.15) is 11.6 Å². The lowest BCUT2D eigenvalue weighted by Crippen LogP contribution is -2.37. The lowest BCUT2D eigenvalue weighted by atomic mass is 9.84. The zero-order valence-electron chi connectivity index (χ0n) is 14.7. The number of carbonyl (C=O) groups is 1. The van der Waals surface area contributed by atoms with Gasteiger partial charge in [0, 0.05) is 50.6 Å². The first-order valence-corrected chi connectivity index (χ1v) is 9.20. The quantitative estimate of drug-likeness (QED) is 0.913. The van der Waals surface area contributed by atoms with Crippen LogP contribution in [0.5, 0.6) is 0 Å². The fraction of sp³-hybridized carbons (Fsp3) is 0.722. The fourth-order valence-electron chi connectivity index (χ4n) is 4.05. The highest BCUT2D eigenvalue weighted by atomic mass is 16.2. The molecule has 1 saturated carbocycles. The third kappa shape index (κ3) is 2.77. The lowest BCUT2D eigenvalue weighted by Gasteiger charge is -2.29. The molecule has 0 bridgehead atoms. The van der Waals surface area contributed by atoms with Crippen LogP contribution < -0.4 is 5.32 Å². The highest BCUT2D eigenvalue weighted by Crippen LogP contribution is 2.33. The van der Waals surface area contributed by atoms with Crippen LogP contribution in [0.2, 0.25) is 0 Å². The Morgan fingerprint density at radius 2 is 2.04 bits per heavy atom. The van der Waals surface area contributed by atoms with Gasteiger partial charge in [0.05, 0.1) is 5.69 Å². The van der Waals surface area contributed by atoms with E-state index in [-0.39, 0.29) is 11.8 Å². The summed E-state index contributed by atoms with van der Waals surface area (Å²) in [5.74, 6) is 2.81. The van der Waals surface area contributed by atoms with Crippen molar-refractivity contribution in [1.29, 1.82) is 0 Å². The van der Waals surface area contributed by atoms with E-state index < -0.39 is 0 Å². The van der Waals surface area contributed by atoms with Crippen molar-refractivity contribution in [3.05, 3.63) is 17.1 Å². The van der Waals surface area contributed by atoms with E-state index in [0.717, 1.165) is 69.2 Å². The summed E-state index contributed by atoms with van der Waals surface area (Å²) in [4.78, 5) is 26.5. The number of carbonyl (C=O) groups excluding carboxylic acids is 1. The van der Waals surface area contributed by atoms with E-state index in [0.29, 0.717) is 5.91 Å². The summed E-state index contributed by atoms with van der Waals surface area (Å²) >= 11 is 0. The molecule has 6 heteroatoms. The van der Waals surface area contributed by atoms with Crippen molar-refractivity contribution in [1.82, 2.24) is 19.8 Å². The summed E-state index contributed by atoms with van der Waals surface area (Å²) in [5.41, 5.74) is 2.42. The van der Waals surface area contributed by atoms with Gasteiger partial charge in [0.2, 0.25) is 5.91 Å². The average Bonchev–Trinajstić information content (AvgIpc) is 3.01. The number of nitrogens with zero attached hydrogens (tertiary/aromatic N) is 4. The van der Waals surface area contributed by atoms with Gasteiger partial charge < -0.3 is 15.1 Å². The fourth-order valence-corrected chi connectivity index (χ4v) is 4.05. The summed E-state index contributed by atoms with van der Waals surface area (Å²) in [7, 11) is 4.07. The molecule has 1 saturated heterocycles.